The number of halogens is 1. The van der Waals surface area contributed by atoms with Crippen molar-refractivity contribution in [2.75, 3.05) is 18.5 Å². The largest absolute Gasteiger partial charge is 0.381 e. The van der Waals surface area contributed by atoms with Crippen LogP contribution in [0.4, 0.5) is 5.82 Å². The Bertz CT molecular complexity index is 910. The topological polar surface area (TPSA) is 84.8 Å². The van der Waals surface area contributed by atoms with Crippen LogP contribution in [0.5, 0.6) is 0 Å². The lowest BCUT2D eigenvalue weighted by Crippen LogP contribution is -2.15. The number of hydrogen-bond acceptors (Lipinski definition) is 4. The standard InChI is InChI=1S/C16H16ClN5O2/c1-22-7-11(13(21-22)9-5-6-24-8-9)16(23)18-15-10-3-2-4-12(17)14(10)19-20-15/h2-4,7,9H,5-6,8H2,1H3,(H2,18,19,20,23). The van der Waals surface area contributed by atoms with E-state index in [1.807, 2.05) is 12.1 Å². The Labute approximate surface area is 142 Å². The van der Waals surface area contributed by atoms with Crippen LogP contribution >= 0.6 is 11.6 Å². The summed E-state index contributed by atoms with van der Waals surface area (Å²) in [5.41, 5.74) is 2.02. The summed E-state index contributed by atoms with van der Waals surface area (Å²) < 4.78 is 7.07. The first-order chi connectivity index (χ1) is 11.6. The molecule has 0 aliphatic carbocycles. The number of aromatic nitrogens is 4. The van der Waals surface area contributed by atoms with Gasteiger partial charge in [-0.1, -0.05) is 17.7 Å². The van der Waals surface area contributed by atoms with Crippen molar-refractivity contribution in [3.8, 4) is 0 Å². The zero-order chi connectivity index (χ0) is 16.7. The van der Waals surface area contributed by atoms with Crippen LogP contribution in [-0.4, -0.2) is 39.1 Å². The Morgan fingerprint density at radius 2 is 2.38 bits per heavy atom. The van der Waals surface area contributed by atoms with Crippen molar-refractivity contribution in [2.24, 2.45) is 7.05 Å². The zero-order valence-electron chi connectivity index (χ0n) is 13.0. The number of nitrogens with zero attached hydrogens (tertiary/aromatic N) is 3. The van der Waals surface area contributed by atoms with E-state index >= 15 is 0 Å². The number of aryl methyl sites for hydroxylation is 1. The molecule has 7 nitrogen and oxygen atoms in total. The van der Waals surface area contributed by atoms with Crippen LogP contribution in [0.3, 0.4) is 0 Å². The van der Waals surface area contributed by atoms with Gasteiger partial charge in [0, 0.05) is 31.2 Å². The van der Waals surface area contributed by atoms with E-state index in [2.05, 4.69) is 20.6 Å². The van der Waals surface area contributed by atoms with Crippen LogP contribution in [0, 0.1) is 0 Å². The second-order valence-corrected chi connectivity index (χ2v) is 6.26. The van der Waals surface area contributed by atoms with Gasteiger partial charge in [-0.2, -0.15) is 10.2 Å². The number of nitrogens with one attached hydrogen (secondary N) is 2. The van der Waals surface area contributed by atoms with Crippen LogP contribution in [0.1, 0.15) is 28.4 Å². The van der Waals surface area contributed by atoms with Crippen molar-refractivity contribution in [3.63, 3.8) is 0 Å². The van der Waals surface area contributed by atoms with Gasteiger partial charge in [-0.15, -0.1) is 0 Å². The van der Waals surface area contributed by atoms with Gasteiger partial charge >= 0.3 is 0 Å². The van der Waals surface area contributed by atoms with Gasteiger partial charge in [-0.05, 0) is 18.6 Å². The lowest BCUT2D eigenvalue weighted by Gasteiger charge is -2.07. The molecule has 1 aliphatic heterocycles. The number of rotatable bonds is 3. The number of H-pyrrole nitrogens is 1. The number of ether oxygens (including phenoxy) is 1. The molecule has 1 saturated heterocycles. The molecule has 0 radical (unpaired) electrons. The number of benzene rings is 1. The van der Waals surface area contributed by atoms with Gasteiger partial charge in [0.15, 0.2) is 5.82 Å². The molecule has 0 bridgehead atoms. The highest BCUT2D eigenvalue weighted by Gasteiger charge is 2.27. The molecule has 1 unspecified atom stereocenters. The lowest BCUT2D eigenvalue weighted by atomic mass is 10.0. The third kappa shape index (κ3) is 2.55. The third-order valence-electron chi connectivity index (χ3n) is 4.20. The molecule has 3 heterocycles. The average molecular weight is 346 g/mol. The fraction of sp³-hybridized carbons (Fsp3) is 0.312. The highest BCUT2D eigenvalue weighted by Crippen LogP contribution is 2.29. The Balaban J connectivity index is 1.65. The van der Waals surface area contributed by atoms with E-state index < -0.39 is 0 Å². The Hall–Kier alpha value is -2.38. The monoisotopic (exact) mass is 345 g/mol. The summed E-state index contributed by atoms with van der Waals surface area (Å²) in [7, 11) is 1.81. The minimum Gasteiger partial charge on any atom is -0.381 e. The van der Waals surface area contributed by atoms with Crippen molar-refractivity contribution < 1.29 is 9.53 Å². The fourth-order valence-electron chi connectivity index (χ4n) is 3.01. The maximum atomic E-state index is 12.7. The summed E-state index contributed by atoms with van der Waals surface area (Å²) >= 11 is 6.13. The fourth-order valence-corrected chi connectivity index (χ4v) is 3.23. The minimum absolute atomic E-state index is 0.150. The van der Waals surface area contributed by atoms with Crippen LogP contribution in [-0.2, 0) is 11.8 Å². The van der Waals surface area contributed by atoms with E-state index in [9.17, 15) is 4.79 Å². The summed E-state index contributed by atoms with van der Waals surface area (Å²) in [5.74, 6) is 0.366. The number of para-hydroxylation sites is 1. The molecule has 2 N–H and O–H groups in total. The molecule has 2 aromatic heterocycles. The number of hydrogen-bond donors (Lipinski definition) is 2. The molecular weight excluding hydrogens is 330 g/mol. The minimum atomic E-state index is -0.238. The lowest BCUT2D eigenvalue weighted by molar-refractivity contribution is 0.102. The predicted molar refractivity (Wildman–Crippen MR) is 90.4 cm³/mol. The second-order valence-electron chi connectivity index (χ2n) is 5.85. The number of aromatic amines is 1. The van der Waals surface area contributed by atoms with Gasteiger partial charge in [0.05, 0.1) is 28.4 Å². The highest BCUT2D eigenvalue weighted by atomic mass is 35.5. The Morgan fingerprint density at radius 1 is 1.50 bits per heavy atom. The molecule has 0 saturated carbocycles. The van der Waals surface area contributed by atoms with Crippen LogP contribution in [0.15, 0.2) is 24.4 Å². The van der Waals surface area contributed by atoms with Gasteiger partial charge in [-0.3, -0.25) is 14.6 Å². The molecular formula is C16H16ClN5O2. The average Bonchev–Trinajstić information content (AvgIpc) is 3.27. The van der Waals surface area contributed by atoms with Gasteiger partial charge in [-0.25, -0.2) is 0 Å². The smallest absolute Gasteiger partial charge is 0.260 e. The van der Waals surface area contributed by atoms with Gasteiger partial charge in [0.25, 0.3) is 5.91 Å². The number of amides is 1. The van der Waals surface area contributed by atoms with Gasteiger partial charge in [0.2, 0.25) is 0 Å². The first kappa shape index (κ1) is 15.2. The first-order valence-electron chi connectivity index (χ1n) is 7.68. The second kappa shape index (κ2) is 5.92. The Kier molecular flexibility index (Phi) is 3.74. The van der Waals surface area contributed by atoms with Crippen LogP contribution < -0.4 is 5.32 Å². The first-order valence-corrected chi connectivity index (χ1v) is 8.06. The van der Waals surface area contributed by atoms with Crippen molar-refractivity contribution in [2.45, 2.75) is 12.3 Å². The van der Waals surface area contributed by atoms with Crippen molar-refractivity contribution in [3.05, 3.63) is 40.7 Å². The summed E-state index contributed by atoms with van der Waals surface area (Å²) in [6.07, 6.45) is 2.60. The van der Waals surface area contributed by atoms with E-state index in [4.69, 9.17) is 16.3 Å². The quantitative estimate of drug-likeness (QED) is 0.764. The maximum absolute atomic E-state index is 12.7. The zero-order valence-corrected chi connectivity index (χ0v) is 13.8. The molecule has 1 aliphatic rings. The van der Waals surface area contributed by atoms with E-state index in [0.717, 1.165) is 17.5 Å². The third-order valence-corrected chi connectivity index (χ3v) is 4.51. The summed E-state index contributed by atoms with van der Waals surface area (Å²) in [4.78, 5) is 12.7. The predicted octanol–water partition coefficient (Wildman–Crippen LogP) is 2.71. The molecule has 1 amide bonds. The molecule has 4 rings (SSSR count). The van der Waals surface area contributed by atoms with Crippen LogP contribution in [0.2, 0.25) is 5.02 Å². The molecule has 124 valence electrons. The molecule has 24 heavy (non-hydrogen) atoms. The van der Waals surface area contributed by atoms with Crippen molar-refractivity contribution in [1.29, 1.82) is 0 Å². The summed E-state index contributed by atoms with van der Waals surface area (Å²) in [6.45, 7) is 1.29. The SMILES string of the molecule is Cn1cc(C(=O)Nc2n[nH]c3c(Cl)cccc23)c(C2CCOC2)n1. The molecule has 1 aromatic carbocycles. The molecule has 1 fully saturated rings. The molecule has 8 heteroatoms. The van der Waals surface area contributed by atoms with E-state index in [1.165, 1.54) is 0 Å². The van der Waals surface area contributed by atoms with Crippen molar-refractivity contribution in [1.82, 2.24) is 20.0 Å². The Morgan fingerprint density at radius 3 is 3.17 bits per heavy atom. The van der Waals surface area contributed by atoms with E-state index in [0.29, 0.717) is 35.1 Å². The number of carbonyl (C=O) groups is 1. The van der Waals surface area contributed by atoms with Gasteiger partial charge < -0.3 is 10.1 Å². The normalized spacial score (nSPS) is 17.5. The number of anilines is 1. The van der Waals surface area contributed by atoms with E-state index in [-0.39, 0.29) is 11.8 Å². The van der Waals surface area contributed by atoms with E-state index in [1.54, 1.807) is 24.0 Å². The van der Waals surface area contributed by atoms with Crippen molar-refractivity contribution >= 4 is 34.2 Å². The number of carbonyl (C=O) groups excluding carboxylic acids is 1. The molecule has 3 aromatic rings. The van der Waals surface area contributed by atoms with Crippen LogP contribution in [0.25, 0.3) is 10.9 Å². The molecule has 1 atom stereocenters. The number of fused-ring (bicyclic) bond motifs is 1. The van der Waals surface area contributed by atoms with Gasteiger partial charge in [0.1, 0.15) is 0 Å². The summed E-state index contributed by atoms with van der Waals surface area (Å²) in [5, 5.41) is 15.6. The maximum Gasteiger partial charge on any atom is 0.260 e. The molecule has 0 spiro atoms. The summed E-state index contributed by atoms with van der Waals surface area (Å²) in [6, 6.07) is 5.45. The highest BCUT2D eigenvalue weighted by molar-refractivity contribution is 6.35.